The van der Waals surface area contributed by atoms with Gasteiger partial charge in [0.15, 0.2) is 5.75 Å². The maximum absolute atomic E-state index is 11.9. The summed E-state index contributed by atoms with van der Waals surface area (Å²) in [6, 6.07) is 3.54. The van der Waals surface area contributed by atoms with Gasteiger partial charge in [-0.1, -0.05) is 13.8 Å². The molecule has 0 saturated carbocycles. The molecule has 0 radical (unpaired) electrons. The van der Waals surface area contributed by atoms with E-state index < -0.39 is 0 Å². The first kappa shape index (κ1) is 12.8. The van der Waals surface area contributed by atoms with Crippen LogP contribution in [-0.4, -0.2) is 17.7 Å². The number of pyridine rings is 1. The number of aryl methyl sites for hydroxylation is 1. The third-order valence-electron chi connectivity index (χ3n) is 2.16. The molecule has 1 heterocycles. The Morgan fingerprint density at radius 2 is 2.25 bits per heavy atom. The van der Waals surface area contributed by atoms with Crippen molar-refractivity contribution in [2.75, 3.05) is 13.2 Å². The molecule has 0 atom stereocenters. The topological polar surface area (TPSA) is 57.2 Å². The molecular formula is C12H20N2O2. The summed E-state index contributed by atoms with van der Waals surface area (Å²) in [5.41, 5.74) is 5.34. The molecule has 0 spiro atoms. The van der Waals surface area contributed by atoms with Crippen molar-refractivity contribution in [1.82, 2.24) is 4.57 Å². The first-order valence-electron chi connectivity index (χ1n) is 5.67. The molecule has 0 aliphatic carbocycles. The summed E-state index contributed by atoms with van der Waals surface area (Å²) >= 11 is 0. The number of nitrogens with two attached hydrogens (primary N) is 1. The Hall–Kier alpha value is -1.29. The number of rotatable bonds is 6. The highest BCUT2D eigenvalue weighted by Gasteiger charge is 2.04. The third kappa shape index (κ3) is 3.70. The maximum atomic E-state index is 11.9. The Kier molecular flexibility index (Phi) is 5.05. The van der Waals surface area contributed by atoms with Crippen molar-refractivity contribution in [3.05, 3.63) is 28.7 Å². The molecular weight excluding hydrogens is 204 g/mol. The second-order valence-corrected chi connectivity index (χ2v) is 4.22. The second kappa shape index (κ2) is 6.33. The summed E-state index contributed by atoms with van der Waals surface area (Å²) in [6.45, 7) is 5.90. The van der Waals surface area contributed by atoms with Gasteiger partial charge in [-0.05, 0) is 31.0 Å². The summed E-state index contributed by atoms with van der Waals surface area (Å²) < 4.78 is 7.10. The standard InChI is InChI=1S/C12H20N2O2/c1-10(2)9-16-11-5-3-7-14(12(11)15)8-4-6-13/h3,5,7,10H,4,6,8-9,13H2,1-2H3. The normalized spacial score (nSPS) is 10.8. The van der Waals surface area contributed by atoms with Crippen molar-refractivity contribution >= 4 is 0 Å². The van der Waals surface area contributed by atoms with Gasteiger partial charge in [-0.2, -0.15) is 0 Å². The van der Waals surface area contributed by atoms with E-state index in [0.717, 1.165) is 6.42 Å². The summed E-state index contributed by atoms with van der Waals surface area (Å²) in [4.78, 5) is 11.9. The average molecular weight is 224 g/mol. The van der Waals surface area contributed by atoms with E-state index in [2.05, 4.69) is 13.8 Å². The van der Waals surface area contributed by atoms with Gasteiger partial charge in [0.05, 0.1) is 6.61 Å². The Labute approximate surface area is 96.0 Å². The molecule has 1 rings (SSSR count). The molecule has 2 N–H and O–H groups in total. The van der Waals surface area contributed by atoms with Crippen LogP contribution in [0.15, 0.2) is 23.1 Å². The quantitative estimate of drug-likeness (QED) is 0.790. The van der Waals surface area contributed by atoms with E-state index in [1.165, 1.54) is 0 Å². The highest BCUT2D eigenvalue weighted by atomic mass is 16.5. The Morgan fingerprint density at radius 3 is 2.88 bits per heavy atom. The number of aromatic nitrogens is 1. The van der Waals surface area contributed by atoms with Crippen LogP contribution >= 0.6 is 0 Å². The van der Waals surface area contributed by atoms with E-state index in [1.807, 2.05) is 6.07 Å². The molecule has 1 aromatic heterocycles. The number of hydrogen-bond acceptors (Lipinski definition) is 3. The van der Waals surface area contributed by atoms with E-state index in [4.69, 9.17) is 10.5 Å². The molecule has 0 amide bonds. The van der Waals surface area contributed by atoms with E-state index in [1.54, 1.807) is 16.8 Å². The molecule has 0 aromatic carbocycles. The van der Waals surface area contributed by atoms with Crippen molar-refractivity contribution in [3.8, 4) is 5.75 Å². The van der Waals surface area contributed by atoms with E-state index in [9.17, 15) is 4.79 Å². The predicted octanol–water partition coefficient (Wildman–Crippen LogP) is 1.23. The van der Waals surface area contributed by atoms with Crippen LogP contribution in [0.2, 0.25) is 0 Å². The maximum Gasteiger partial charge on any atom is 0.292 e. The van der Waals surface area contributed by atoms with Gasteiger partial charge in [0.2, 0.25) is 0 Å². The molecule has 16 heavy (non-hydrogen) atoms. The lowest BCUT2D eigenvalue weighted by Crippen LogP contribution is -2.23. The van der Waals surface area contributed by atoms with Crippen LogP contribution in [0.25, 0.3) is 0 Å². The fourth-order valence-corrected chi connectivity index (χ4v) is 1.32. The van der Waals surface area contributed by atoms with Crippen LogP contribution in [0.5, 0.6) is 5.75 Å². The highest BCUT2D eigenvalue weighted by Crippen LogP contribution is 2.04. The Bertz CT molecular complexity index is 372. The molecule has 0 saturated heterocycles. The zero-order chi connectivity index (χ0) is 12.0. The number of hydrogen-bond donors (Lipinski definition) is 1. The van der Waals surface area contributed by atoms with E-state index >= 15 is 0 Å². The van der Waals surface area contributed by atoms with Gasteiger partial charge in [0, 0.05) is 12.7 Å². The molecule has 0 fully saturated rings. The van der Waals surface area contributed by atoms with Crippen LogP contribution in [0, 0.1) is 5.92 Å². The minimum Gasteiger partial charge on any atom is -0.488 e. The van der Waals surface area contributed by atoms with Gasteiger partial charge in [-0.25, -0.2) is 0 Å². The van der Waals surface area contributed by atoms with Gasteiger partial charge in [0.1, 0.15) is 0 Å². The Balaban J connectivity index is 2.74. The van der Waals surface area contributed by atoms with Crippen molar-refractivity contribution in [2.45, 2.75) is 26.8 Å². The molecule has 4 heteroatoms. The summed E-state index contributed by atoms with van der Waals surface area (Å²) in [6.07, 6.45) is 2.56. The fourth-order valence-electron chi connectivity index (χ4n) is 1.32. The minimum absolute atomic E-state index is 0.0726. The molecule has 0 aliphatic rings. The number of ether oxygens (including phenoxy) is 1. The van der Waals surface area contributed by atoms with Crippen molar-refractivity contribution < 1.29 is 4.74 Å². The molecule has 0 aliphatic heterocycles. The average Bonchev–Trinajstić information content (AvgIpc) is 2.26. The lowest BCUT2D eigenvalue weighted by Gasteiger charge is -2.10. The summed E-state index contributed by atoms with van der Waals surface area (Å²) in [5.74, 6) is 0.838. The second-order valence-electron chi connectivity index (χ2n) is 4.22. The van der Waals surface area contributed by atoms with Crippen LogP contribution in [0.1, 0.15) is 20.3 Å². The van der Waals surface area contributed by atoms with Gasteiger partial charge in [0.25, 0.3) is 5.56 Å². The van der Waals surface area contributed by atoms with Gasteiger partial charge in [-0.3, -0.25) is 4.79 Å². The van der Waals surface area contributed by atoms with Crippen LogP contribution < -0.4 is 16.0 Å². The van der Waals surface area contributed by atoms with Gasteiger partial charge in [-0.15, -0.1) is 0 Å². The highest BCUT2D eigenvalue weighted by molar-refractivity contribution is 5.17. The minimum atomic E-state index is -0.0726. The molecule has 1 aromatic rings. The first-order chi connectivity index (χ1) is 7.65. The SMILES string of the molecule is CC(C)COc1cccn(CCCN)c1=O. The van der Waals surface area contributed by atoms with Crippen molar-refractivity contribution in [2.24, 2.45) is 11.7 Å². The lowest BCUT2D eigenvalue weighted by atomic mass is 10.2. The molecule has 0 bridgehead atoms. The van der Waals surface area contributed by atoms with Crippen LogP contribution in [-0.2, 0) is 6.54 Å². The summed E-state index contributed by atoms with van der Waals surface area (Å²) in [7, 11) is 0. The van der Waals surface area contributed by atoms with Crippen LogP contribution in [0.3, 0.4) is 0 Å². The van der Waals surface area contributed by atoms with E-state index in [0.29, 0.717) is 31.4 Å². The zero-order valence-electron chi connectivity index (χ0n) is 9.98. The lowest BCUT2D eigenvalue weighted by molar-refractivity contribution is 0.265. The molecule has 90 valence electrons. The Morgan fingerprint density at radius 1 is 1.50 bits per heavy atom. The van der Waals surface area contributed by atoms with Gasteiger partial charge >= 0.3 is 0 Å². The molecule has 0 unspecified atom stereocenters. The zero-order valence-corrected chi connectivity index (χ0v) is 9.98. The fraction of sp³-hybridized carbons (Fsp3) is 0.583. The summed E-state index contributed by atoms with van der Waals surface area (Å²) in [5, 5.41) is 0. The van der Waals surface area contributed by atoms with E-state index in [-0.39, 0.29) is 5.56 Å². The number of nitrogens with zero attached hydrogens (tertiary/aromatic N) is 1. The monoisotopic (exact) mass is 224 g/mol. The molecule has 4 nitrogen and oxygen atoms in total. The largest absolute Gasteiger partial charge is 0.488 e. The van der Waals surface area contributed by atoms with Crippen molar-refractivity contribution in [1.29, 1.82) is 0 Å². The van der Waals surface area contributed by atoms with Crippen molar-refractivity contribution in [3.63, 3.8) is 0 Å². The van der Waals surface area contributed by atoms with Gasteiger partial charge < -0.3 is 15.0 Å². The smallest absolute Gasteiger partial charge is 0.292 e. The van der Waals surface area contributed by atoms with Crippen LogP contribution in [0.4, 0.5) is 0 Å². The predicted molar refractivity (Wildman–Crippen MR) is 64.7 cm³/mol. The third-order valence-corrected chi connectivity index (χ3v) is 2.16. The first-order valence-corrected chi connectivity index (χ1v) is 5.67.